The summed E-state index contributed by atoms with van der Waals surface area (Å²) in [5.74, 6) is -0.131. The van der Waals surface area contributed by atoms with E-state index in [1.165, 1.54) is 0 Å². The molecule has 0 aromatic heterocycles. The molecule has 60 valence electrons. The highest BCUT2D eigenvalue weighted by Crippen LogP contribution is 1.99. The largest absolute Gasteiger partial charge is 0.466 e. The fraction of sp³-hybridized carbons (Fsp3) is 0.857. The van der Waals surface area contributed by atoms with Crippen molar-refractivity contribution in [2.75, 3.05) is 6.61 Å². The van der Waals surface area contributed by atoms with Crippen molar-refractivity contribution in [1.82, 2.24) is 0 Å². The third kappa shape index (κ3) is 5.95. The molecule has 10 heavy (non-hydrogen) atoms. The minimum absolute atomic E-state index is 0.131. The lowest BCUT2D eigenvalue weighted by Crippen LogP contribution is -2.06. The third-order valence-electron chi connectivity index (χ3n) is 1.09. The Balaban J connectivity index is 3.12. The van der Waals surface area contributed by atoms with Crippen LogP contribution >= 0.6 is 12.6 Å². The second kappa shape index (κ2) is 5.59. The summed E-state index contributed by atoms with van der Waals surface area (Å²) < 4.78 is 4.81. The highest BCUT2D eigenvalue weighted by molar-refractivity contribution is 7.80. The van der Waals surface area contributed by atoms with Crippen molar-refractivity contribution in [3.8, 4) is 0 Å². The minimum atomic E-state index is -0.131. The standard InChI is InChI=1S/C7H14O2S/c1-3-7(8)9-5-4-6(2)10/h6,10H,3-5H2,1-2H3. The molecule has 0 amide bonds. The van der Waals surface area contributed by atoms with E-state index in [-0.39, 0.29) is 5.97 Å². The van der Waals surface area contributed by atoms with Crippen molar-refractivity contribution in [2.24, 2.45) is 0 Å². The van der Waals surface area contributed by atoms with E-state index in [4.69, 9.17) is 4.74 Å². The molecule has 0 aromatic carbocycles. The maximum Gasteiger partial charge on any atom is 0.305 e. The van der Waals surface area contributed by atoms with Crippen LogP contribution in [0.1, 0.15) is 26.7 Å². The number of carbonyl (C=O) groups is 1. The number of thiol groups is 1. The van der Waals surface area contributed by atoms with E-state index < -0.39 is 0 Å². The first-order chi connectivity index (χ1) is 4.66. The summed E-state index contributed by atoms with van der Waals surface area (Å²) in [4.78, 5) is 10.5. The van der Waals surface area contributed by atoms with Crippen LogP contribution in [0.2, 0.25) is 0 Å². The van der Waals surface area contributed by atoms with E-state index in [0.29, 0.717) is 18.3 Å². The molecule has 2 nitrogen and oxygen atoms in total. The molecular formula is C7H14O2S. The molecule has 0 aliphatic heterocycles. The summed E-state index contributed by atoms with van der Waals surface area (Å²) in [6.07, 6.45) is 1.29. The number of esters is 1. The molecular weight excluding hydrogens is 148 g/mol. The molecule has 0 saturated carbocycles. The Bertz CT molecular complexity index is 102. The highest BCUT2D eigenvalue weighted by Gasteiger charge is 1.98. The van der Waals surface area contributed by atoms with E-state index in [1.807, 2.05) is 6.92 Å². The molecule has 0 aliphatic rings. The van der Waals surface area contributed by atoms with Gasteiger partial charge in [0, 0.05) is 11.7 Å². The Hall–Kier alpha value is -0.180. The lowest BCUT2D eigenvalue weighted by molar-refractivity contribution is -0.143. The Morgan fingerprint density at radius 3 is 2.70 bits per heavy atom. The maximum atomic E-state index is 10.5. The number of rotatable bonds is 4. The number of hydrogen-bond acceptors (Lipinski definition) is 3. The van der Waals surface area contributed by atoms with Crippen LogP contribution in [0.25, 0.3) is 0 Å². The predicted molar refractivity (Wildman–Crippen MR) is 44.3 cm³/mol. The molecule has 0 radical (unpaired) electrons. The molecule has 0 N–H and O–H groups in total. The van der Waals surface area contributed by atoms with Gasteiger partial charge in [-0.05, 0) is 6.42 Å². The van der Waals surface area contributed by atoms with Crippen molar-refractivity contribution < 1.29 is 9.53 Å². The number of ether oxygens (including phenoxy) is 1. The second-order valence-electron chi connectivity index (χ2n) is 2.21. The third-order valence-corrected chi connectivity index (χ3v) is 1.35. The fourth-order valence-corrected chi connectivity index (χ4v) is 0.551. The van der Waals surface area contributed by atoms with Crippen LogP contribution in [0.15, 0.2) is 0 Å². The Labute approximate surface area is 67.4 Å². The molecule has 0 fully saturated rings. The lowest BCUT2D eigenvalue weighted by Gasteiger charge is -2.03. The number of hydrogen-bond donors (Lipinski definition) is 1. The molecule has 0 aromatic rings. The second-order valence-corrected chi connectivity index (χ2v) is 3.09. The van der Waals surface area contributed by atoms with E-state index in [1.54, 1.807) is 6.92 Å². The Morgan fingerprint density at radius 2 is 2.30 bits per heavy atom. The minimum Gasteiger partial charge on any atom is -0.466 e. The summed E-state index contributed by atoms with van der Waals surface area (Å²) in [5.41, 5.74) is 0. The van der Waals surface area contributed by atoms with Gasteiger partial charge in [-0.3, -0.25) is 4.79 Å². The highest BCUT2D eigenvalue weighted by atomic mass is 32.1. The van der Waals surface area contributed by atoms with E-state index in [0.717, 1.165) is 6.42 Å². The van der Waals surface area contributed by atoms with Crippen molar-refractivity contribution in [2.45, 2.75) is 31.9 Å². The molecule has 1 atom stereocenters. The van der Waals surface area contributed by atoms with Gasteiger partial charge in [0.25, 0.3) is 0 Å². The average molecular weight is 162 g/mol. The lowest BCUT2D eigenvalue weighted by atomic mass is 10.3. The topological polar surface area (TPSA) is 26.3 Å². The molecule has 0 spiro atoms. The van der Waals surface area contributed by atoms with Crippen LogP contribution < -0.4 is 0 Å². The van der Waals surface area contributed by atoms with Crippen molar-refractivity contribution in [1.29, 1.82) is 0 Å². The van der Waals surface area contributed by atoms with Crippen molar-refractivity contribution in [3.63, 3.8) is 0 Å². The summed E-state index contributed by atoms with van der Waals surface area (Å²) >= 11 is 4.14. The van der Waals surface area contributed by atoms with Gasteiger partial charge in [-0.1, -0.05) is 13.8 Å². The molecule has 0 rings (SSSR count). The maximum absolute atomic E-state index is 10.5. The van der Waals surface area contributed by atoms with Crippen molar-refractivity contribution >= 4 is 18.6 Å². The van der Waals surface area contributed by atoms with Gasteiger partial charge in [0.1, 0.15) is 0 Å². The van der Waals surface area contributed by atoms with Gasteiger partial charge in [-0.15, -0.1) is 0 Å². The van der Waals surface area contributed by atoms with E-state index in [2.05, 4.69) is 12.6 Å². The van der Waals surface area contributed by atoms with Crippen LogP contribution in [0.4, 0.5) is 0 Å². The predicted octanol–water partition coefficient (Wildman–Crippen LogP) is 1.65. The van der Waals surface area contributed by atoms with Crippen LogP contribution in [0.3, 0.4) is 0 Å². The van der Waals surface area contributed by atoms with E-state index in [9.17, 15) is 4.79 Å². The van der Waals surface area contributed by atoms with Gasteiger partial charge in [0.15, 0.2) is 0 Å². The SMILES string of the molecule is CCC(=O)OCCC(C)S. The van der Waals surface area contributed by atoms with Gasteiger partial charge in [0.05, 0.1) is 6.61 Å². The first-order valence-electron chi connectivity index (χ1n) is 3.50. The van der Waals surface area contributed by atoms with E-state index >= 15 is 0 Å². The Kier molecular flexibility index (Phi) is 5.49. The van der Waals surface area contributed by atoms with Gasteiger partial charge in [-0.25, -0.2) is 0 Å². The van der Waals surface area contributed by atoms with Gasteiger partial charge in [0.2, 0.25) is 0 Å². The summed E-state index contributed by atoms with van der Waals surface area (Å²) in [6.45, 7) is 4.26. The smallest absolute Gasteiger partial charge is 0.305 e. The van der Waals surface area contributed by atoms with Crippen molar-refractivity contribution in [3.05, 3.63) is 0 Å². The summed E-state index contributed by atoms with van der Waals surface area (Å²) in [6, 6.07) is 0. The zero-order valence-corrected chi connectivity index (χ0v) is 7.36. The zero-order chi connectivity index (χ0) is 7.98. The molecule has 1 unspecified atom stereocenters. The summed E-state index contributed by atoms with van der Waals surface area (Å²) in [7, 11) is 0. The number of carbonyl (C=O) groups excluding carboxylic acids is 1. The quantitative estimate of drug-likeness (QED) is 0.502. The average Bonchev–Trinajstić information content (AvgIpc) is 1.87. The normalized spacial score (nSPS) is 12.7. The molecule has 0 aliphatic carbocycles. The first-order valence-corrected chi connectivity index (χ1v) is 4.02. The fourth-order valence-electron chi connectivity index (χ4n) is 0.445. The summed E-state index contributed by atoms with van der Waals surface area (Å²) in [5, 5.41) is 0.310. The molecule has 0 bridgehead atoms. The molecule has 0 saturated heterocycles. The van der Waals surface area contributed by atoms with Crippen LogP contribution in [0.5, 0.6) is 0 Å². The first kappa shape index (κ1) is 9.82. The van der Waals surface area contributed by atoms with Crippen LogP contribution in [-0.4, -0.2) is 17.8 Å². The van der Waals surface area contributed by atoms with Crippen LogP contribution in [0, 0.1) is 0 Å². The van der Waals surface area contributed by atoms with Gasteiger partial charge in [-0.2, -0.15) is 12.6 Å². The van der Waals surface area contributed by atoms with Crippen LogP contribution in [-0.2, 0) is 9.53 Å². The van der Waals surface area contributed by atoms with Gasteiger partial charge < -0.3 is 4.74 Å². The van der Waals surface area contributed by atoms with Gasteiger partial charge >= 0.3 is 5.97 Å². The molecule has 0 heterocycles. The monoisotopic (exact) mass is 162 g/mol. The molecule has 3 heteroatoms. The zero-order valence-electron chi connectivity index (χ0n) is 6.46. The Morgan fingerprint density at radius 1 is 1.70 bits per heavy atom.